The third-order valence-corrected chi connectivity index (χ3v) is 0.881. The van der Waals surface area contributed by atoms with E-state index in [0.29, 0.717) is 5.69 Å². The monoisotopic (exact) mass is 110 g/mol. The average Bonchev–Trinajstić information content (AvgIpc) is 2.14. The van der Waals surface area contributed by atoms with E-state index in [1.807, 2.05) is 6.92 Å². The van der Waals surface area contributed by atoms with Gasteiger partial charge < -0.3 is 0 Å². The fraction of sp³-hybridized carbons (Fsp3) is 0.200. The summed E-state index contributed by atoms with van der Waals surface area (Å²) in [6.45, 7) is 5.31. The van der Waals surface area contributed by atoms with Crippen molar-refractivity contribution in [2.75, 3.05) is 0 Å². The molecule has 0 saturated heterocycles. The molecule has 0 saturated carbocycles. The standard InChI is InChI=1S/C5H6N2O/c1-3-5-4(2)6-8-7-5/h3H,1H2,2H3. The molecule has 3 heteroatoms. The zero-order valence-electron chi connectivity index (χ0n) is 4.59. The molecule has 0 aliphatic rings. The maximum absolute atomic E-state index is 4.36. The van der Waals surface area contributed by atoms with E-state index in [-0.39, 0.29) is 0 Å². The van der Waals surface area contributed by atoms with Crippen molar-refractivity contribution in [1.82, 2.24) is 10.3 Å². The van der Waals surface area contributed by atoms with E-state index in [1.165, 1.54) is 0 Å². The molecule has 0 aliphatic carbocycles. The van der Waals surface area contributed by atoms with Crippen molar-refractivity contribution in [3.8, 4) is 0 Å². The van der Waals surface area contributed by atoms with E-state index in [0.717, 1.165) is 5.69 Å². The summed E-state index contributed by atoms with van der Waals surface area (Å²) >= 11 is 0. The van der Waals surface area contributed by atoms with Crippen LogP contribution in [0.3, 0.4) is 0 Å². The zero-order chi connectivity index (χ0) is 5.98. The summed E-state index contributed by atoms with van der Waals surface area (Å²) in [4.78, 5) is 0. The molecule has 0 unspecified atom stereocenters. The Kier molecular flexibility index (Phi) is 1.12. The Bertz CT molecular complexity index is 192. The third kappa shape index (κ3) is 0.621. The normalized spacial score (nSPS) is 9.12. The minimum absolute atomic E-state index is 0.713. The van der Waals surface area contributed by atoms with E-state index in [2.05, 4.69) is 21.5 Å². The molecule has 0 radical (unpaired) electrons. The van der Waals surface area contributed by atoms with Crippen LogP contribution in [0.2, 0.25) is 0 Å². The summed E-state index contributed by atoms with van der Waals surface area (Å²) in [5, 5.41) is 7.06. The molecule has 8 heavy (non-hydrogen) atoms. The summed E-state index contributed by atoms with van der Waals surface area (Å²) in [5.74, 6) is 0. The van der Waals surface area contributed by atoms with Gasteiger partial charge in [-0.15, -0.1) is 0 Å². The number of nitrogens with zero attached hydrogens (tertiary/aromatic N) is 2. The van der Waals surface area contributed by atoms with Crippen LogP contribution in [0.5, 0.6) is 0 Å². The summed E-state index contributed by atoms with van der Waals surface area (Å²) < 4.78 is 4.36. The van der Waals surface area contributed by atoms with Crippen LogP contribution in [0.1, 0.15) is 11.4 Å². The highest BCUT2D eigenvalue weighted by molar-refractivity contribution is 5.42. The average molecular weight is 110 g/mol. The van der Waals surface area contributed by atoms with Crippen LogP contribution in [0.15, 0.2) is 11.2 Å². The Morgan fingerprint density at radius 3 is 2.62 bits per heavy atom. The number of aryl methyl sites for hydroxylation is 1. The first-order valence-electron chi connectivity index (χ1n) is 2.26. The molecule has 0 amide bonds. The van der Waals surface area contributed by atoms with Crippen LogP contribution in [-0.4, -0.2) is 10.3 Å². The van der Waals surface area contributed by atoms with Gasteiger partial charge in [0.2, 0.25) is 0 Å². The van der Waals surface area contributed by atoms with Crippen molar-refractivity contribution in [1.29, 1.82) is 0 Å². The van der Waals surface area contributed by atoms with E-state index in [1.54, 1.807) is 6.08 Å². The topological polar surface area (TPSA) is 38.9 Å². The number of hydrogen-bond acceptors (Lipinski definition) is 3. The summed E-state index contributed by atoms with van der Waals surface area (Å²) in [6, 6.07) is 0. The molecule has 3 nitrogen and oxygen atoms in total. The van der Waals surface area contributed by atoms with Crippen LogP contribution < -0.4 is 0 Å². The molecule has 0 N–H and O–H groups in total. The first-order valence-corrected chi connectivity index (χ1v) is 2.26. The van der Waals surface area contributed by atoms with Crippen molar-refractivity contribution in [3.05, 3.63) is 18.0 Å². The summed E-state index contributed by atoms with van der Waals surface area (Å²) in [7, 11) is 0. The van der Waals surface area contributed by atoms with Crippen molar-refractivity contribution >= 4 is 6.08 Å². The molecular formula is C5H6N2O. The smallest absolute Gasteiger partial charge is 0.130 e. The first kappa shape index (κ1) is 5.03. The highest BCUT2D eigenvalue weighted by Gasteiger charge is 1.96. The number of aromatic nitrogens is 2. The molecule has 1 rings (SSSR count). The predicted molar refractivity (Wildman–Crippen MR) is 29.1 cm³/mol. The largest absolute Gasteiger partial charge is 0.244 e. The Morgan fingerprint density at radius 1 is 1.62 bits per heavy atom. The molecule has 0 atom stereocenters. The molecule has 0 aliphatic heterocycles. The minimum Gasteiger partial charge on any atom is -0.244 e. The van der Waals surface area contributed by atoms with Gasteiger partial charge in [-0.2, -0.15) is 0 Å². The lowest BCUT2D eigenvalue weighted by Gasteiger charge is -1.74. The molecule has 0 bridgehead atoms. The van der Waals surface area contributed by atoms with Crippen molar-refractivity contribution < 1.29 is 4.63 Å². The molecule has 0 spiro atoms. The van der Waals surface area contributed by atoms with Gasteiger partial charge in [-0.05, 0) is 13.0 Å². The summed E-state index contributed by atoms with van der Waals surface area (Å²) in [5.41, 5.74) is 1.49. The van der Waals surface area contributed by atoms with Crippen LogP contribution >= 0.6 is 0 Å². The maximum Gasteiger partial charge on any atom is 0.130 e. The second-order valence-electron chi connectivity index (χ2n) is 1.44. The van der Waals surface area contributed by atoms with Crippen LogP contribution in [0.4, 0.5) is 0 Å². The fourth-order valence-corrected chi connectivity index (χ4v) is 0.423. The molecule has 0 aromatic carbocycles. The molecule has 1 aromatic rings. The van der Waals surface area contributed by atoms with Gasteiger partial charge in [0.05, 0.1) is 0 Å². The first-order chi connectivity index (χ1) is 3.84. The number of hydrogen-bond donors (Lipinski definition) is 0. The highest BCUT2D eigenvalue weighted by atomic mass is 16.6. The van der Waals surface area contributed by atoms with Crippen molar-refractivity contribution in [2.45, 2.75) is 6.92 Å². The zero-order valence-corrected chi connectivity index (χ0v) is 4.59. The van der Waals surface area contributed by atoms with E-state index >= 15 is 0 Å². The van der Waals surface area contributed by atoms with Crippen molar-refractivity contribution in [2.24, 2.45) is 0 Å². The lowest BCUT2D eigenvalue weighted by atomic mass is 10.3. The fourth-order valence-electron chi connectivity index (χ4n) is 0.423. The van der Waals surface area contributed by atoms with E-state index in [9.17, 15) is 0 Å². The molecule has 1 heterocycles. The molecule has 1 aromatic heterocycles. The SMILES string of the molecule is C=Cc1nonc1C. The van der Waals surface area contributed by atoms with Gasteiger partial charge in [0.25, 0.3) is 0 Å². The van der Waals surface area contributed by atoms with Gasteiger partial charge in [0.1, 0.15) is 11.4 Å². The van der Waals surface area contributed by atoms with Crippen LogP contribution in [0, 0.1) is 6.92 Å². The number of rotatable bonds is 1. The van der Waals surface area contributed by atoms with Gasteiger partial charge in [-0.3, -0.25) is 0 Å². The Balaban J connectivity index is 3.09. The molecule has 42 valence electrons. The Labute approximate surface area is 47.0 Å². The Hall–Kier alpha value is -1.12. The Morgan fingerprint density at radius 2 is 2.38 bits per heavy atom. The van der Waals surface area contributed by atoms with Gasteiger partial charge in [0.15, 0.2) is 0 Å². The van der Waals surface area contributed by atoms with E-state index < -0.39 is 0 Å². The second kappa shape index (κ2) is 1.78. The third-order valence-electron chi connectivity index (χ3n) is 0.881. The van der Waals surface area contributed by atoms with Gasteiger partial charge in [0, 0.05) is 0 Å². The quantitative estimate of drug-likeness (QED) is 0.541. The van der Waals surface area contributed by atoms with Gasteiger partial charge >= 0.3 is 0 Å². The molecule has 0 fully saturated rings. The van der Waals surface area contributed by atoms with Gasteiger partial charge in [-0.1, -0.05) is 16.9 Å². The lowest BCUT2D eigenvalue weighted by Crippen LogP contribution is -1.72. The summed E-state index contributed by atoms with van der Waals surface area (Å²) in [6.07, 6.45) is 1.60. The maximum atomic E-state index is 4.36. The van der Waals surface area contributed by atoms with Gasteiger partial charge in [-0.25, -0.2) is 4.63 Å². The van der Waals surface area contributed by atoms with Crippen LogP contribution in [-0.2, 0) is 0 Å². The highest BCUT2D eigenvalue weighted by Crippen LogP contribution is 1.99. The van der Waals surface area contributed by atoms with Crippen LogP contribution in [0.25, 0.3) is 6.08 Å². The minimum atomic E-state index is 0.713. The van der Waals surface area contributed by atoms with Crippen molar-refractivity contribution in [3.63, 3.8) is 0 Å². The lowest BCUT2D eigenvalue weighted by molar-refractivity contribution is 0.304. The molecular weight excluding hydrogens is 104 g/mol. The predicted octanol–water partition coefficient (Wildman–Crippen LogP) is 1.02. The second-order valence-corrected chi connectivity index (χ2v) is 1.44. The van der Waals surface area contributed by atoms with E-state index in [4.69, 9.17) is 0 Å².